The standard InChI is InChI=1S/C16H14N2O4/c19-16(17-12-5-7-13(8-6-12)18(20)21)15-14-4-2-1-3-11(14)9-10-22-15/h1-8,15H,9-10H2,(H,17,19)/t15-/m1/s1. The second-order valence-corrected chi connectivity index (χ2v) is 4.99. The molecule has 1 aliphatic rings. The molecule has 6 heteroatoms. The van der Waals surface area contributed by atoms with E-state index < -0.39 is 11.0 Å². The SMILES string of the molecule is O=C(Nc1ccc([N+](=O)[O-])cc1)[C@@H]1OCCc2ccccc21. The van der Waals surface area contributed by atoms with Crippen LogP contribution in [0.2, 0.25) is 0 Å². The molecule has 0 aliphatic carbocycles. The summed E-state index contributed by atoms with van der Waals surface area (Å²) in [5.41, 5.74) is 2.46. The van der Waals surface area contributed by atoms with Crippen LogP contribution in [0.3, 0.4) is 0 Å². The first-order valence-electron chi connectivity index (χ1n) is 6.90. The zero-order valence-electron chi connectivity index (χ0n) is 11.7. The Labute approximate surface area is 126 Å². The van der Waals surface area contributed by atoms with Gasteiger partial charge in [-0.15, -0.1) is 0 Å². The summed E-state index contributed by atoms with van der Waals surface area (Å²) >= 11 is 0. The van der Waals surface area contributed by atoms with Crippen LogP contribution in [0.25, 0.3) is 0 Å². The predicted octanol–water partition coefficient (Wildman–Crippen LogP) is 2.85. The van der Waals surface area contributed by atoms with Gasteiger partial charge in [-0.2, -0.15) is 0 Å². The third-order valence-corrected chi connectivity index (χ3v) is 3.58. The van der Waals surface area contributed by atoms with Gasteiger partial charge in [0.15, 0.2) is 6.10 Å². The number of nitro benzene ring substituents is 1. The minimum Gasteiger partial charge on any atom is -0.363 e. The number of carbonyl (C=O) groups is 1. The second kappa shape index (κ2) is 5.95. The van der Waals surface area contributed by atoms with E-state index in [1.54, 1.807) is 0 Å². The summed E-state index contributed by atoms with van der Waals surface area (Å²) in [6.45, 7) is 0.495. The molecule has 22 heavy (non-hydrogen) atoms. The quantitative estimate of drug-likeness (QED) is 0.698. The van der Waals surface area contributed by atoms with Crippen LogP contribution in [0.1, 0.15) is 17.2 Å². The van der Waals surface area contributed by atoms with Gasteiger partial charge in [-0.1, -0.05) is 24.3 Å². The molecule has 0 aromatic heterocycles. The molecule has 1 heterocycles. The first-order chi connectivity index (χ1) is 10.6. The van der Waals surface area contributed by atoms with Gasteiger partial charge in [0.05, 0.1) is 11.5 Å². The summed E-state index contributed by atoms with van der Waals surface area (Å²) in [6.07, 6.45) is 0.137. The summed E-state index contributed by atoms with van der Waals surface area (Å²) in [4.78, 5) is 22.5. The van der Waals surface area contributed by atoms with Crippen molar-refractivity contribution in [3.05, 3.63) is 69.8 Å². The minimum atomic E-state index is -0.653. The molecular formula is C16H14N2O4. The number of non-ortho nitro benzene ring substituents is 1. The molecule has 0 saturated heterocycles. The lowest BCUT2D eigenvalue weighted by Crippen LogP contribution is -2.28. The van der Waals surface area contributed by atoms with E-state index in [1.165, 1.54) is 24.3 Å². The summed E-state index contributed by atoms with van der Waals surface area (Å²) in [7, 11) is 0. The highest BCUT2D eigenvalue weighted by Gasteiger charge is 2.27. The first kappa shape index (κ1) is 14.2. The van der Waals surface area contributed by atoms with Crippen molar-refractivity contribution in [2.75, 3.05) is 11.9 Å². The highest BCUT2D eigenvalue weighted by molar-refractivity contribution is 5.95. The fourth-order valence-electron chi connectivity index (χ4n) is 2.49. The van der Waals surface area contributed by atoms with E-state index in [0.717, 1.165) is 17.5 Å². The number of anilines is 1. The number of nitro groups is 1. The fraction of sp³-hybridized carbons (Fsp3) is 0.188. The minimum absolute atomic E-state index is 0.0164. The number of amides is 1. The van der Waals surface area contributed by atoms with Crippen molar-refractivity contribution in [3.8, 4) is 0 Å². The monoisotopic (exact) mass is 298 g/mol. The lowest BCUT2D eigenvalue weighted by Gasteiger charge is -2.25. The molecule has 0 bridgehead atoms. The van der Waals surface area contributed by atoms with Gasteiger partial charge in [-0.3, -0.25) is 14.9 Å². The van der Waals surface area contributed by atoms with Crippen molar-refractivity contribution < 1.29 is 14.5 Å². The van der Waals surface area contributed by atoms with Crippen LogP contribution in [0.4, 0.5) is 11.4 Å². The summed E-state index contributed by atoms with van der Waals surface area (Å²) in [5, 5.41) is 13.3. The Morgan fingerprint density at radius 3 is 2.64 bits per heavy atom. The number of rotatable bonds is 3. The van der Waals surface area contributed by atoms with E-state index >= 15 is 0 Å². The number of carbonyl (C=O) groups excluding carboxylic acids is 1. The molecule has 0 saturated carbocycles. The molecule has 0 spiro atoms. The van der Waals surface area contributed by atoms with Crippen molar-refractivity contribution in [3.63, 3.8) is 0 Å². The average molecular weight is 298 g/mol. The van der Waals surface area contributed by atoms with Crippen molar-refractivity contribution in [1.82, 2.24) is 0 Å². The molecule has 6 nitrogen and oxygen atoms in total. The van der Waals surface area contributed by atoms with Gasteiger partial charge in [0.25, 0.3) is 11.6 Å². The van der Waals surface area contributed by atoms with E-state index in [4.69, 9.17) is 4.74 Å². The molecule has 0 radical (unpaired) electrons. The summed E-state index contributed by atoms with van der Waals surface area (Å²) in [6, 6.07) is 13.4. The predicted molar refractivity (Wildman–Crippen MR) is 80.6 cm³/mol. The summed E-state index contributed by atoms with van der Waals surface area (Å²) in [5.74, 6) is -0.277. The van der Waals surface area contributed by atoms with Gasteiger partial charge >= 0.3 is 0 Å². The van der Waals surface area contributed by atoms with Crippen LogP contribution in [0.15, 0.2) is 48.5 Å². The molecule has 2 aromatic carbocycles. The lowest BCUT2D eigenvalue weighted by atomic mass is 9.97. The number of nitrogens with one attached hydrogen (secondary N) is 1. The Hall–Kier alpha value is -2.73. The van der Waals surface area contributed by atoms with Gasteiger partial charge in [-0.25, -0.2) is 0 Å². The molecule has 1 atom stereocenters. The van der Waals surface area contributed by atoms with Crippen molar-refractivity contribution in [2.45, 2.75) is 12.5 Å². The molecule has 0 fully saturated rings. The maximum Gasteiger partial charge on any atom is 0.269 e. The maximum atomic E-state index is 12.4. The van der Waals surface area contributed by atoms with Gasteiger partial charge in [-0.05, 0) is 29.7 Å². The van der Waals surface area contributed by atoms with Crippen LogP contribution in [-0.4, -0.2) is 17.4 Å². The fourth-order valence-corrected chi connectivity index (χ4v) is 2.49. The Bertz CT molecular complexity index is 712. The van der Waals surface area contributed by atoms with Crippen molar-refractivity contribution in [1.29, 1.82) is 0 Å². The van der Waals surface area contributed by atoms with Crippen LogP contribution < -0.4 is 5.32 Å². The Morgan fingerprint density at radius 2 is 1.91 bits per heavy atom. The smallest absolute Gasteiger partial charge is 0.269 e. The Balaban J connectivity index is 1.76. The molecule has 1 amide bonds. The number of ether oxygens (including phenoxy) is 1. The zero-order chi connectivity index (χ0) is 15.5. The van der Waals surface area contributed by atoms with Crippen LogP contribution in [-0.2, 0) is 16.0 Å². The normalized spacial score (nSPS) is 16.6. The van der Waals surface area contributed by atoms with E-state index in [-0.39, 0.29) is 11.6 Å². The van der Waals surface area contributed by atoms with E-state index in [2.05, 4.69) is 5.32 Å². The van der Waals surface area contributed by atoms with Gasteiger partial charge in [0, 0.05) is 17.8 Å². The van der Waals surface area contributed by atoms with Crippen molar-refractivity contribution >= 4 is 17.3 Å². The highest BCUT2D eigenvalue weighted by atomic mass is 16.6. The van der Waals surface area contributed by atoms with Gasteiger partial charge in [0.1, 0.15) is 0 Å². The Kier molecular flexibility index (Phi) is 3.84. The number of benzene rings is 2. The zero-order valence-corrected chi connectivity index (χ0v) is 11.7. The van der Waals surface area contributed by atoms with E-state index in [9.17, 15) is 14.9 Å². The van der Waals surface area contributed by atoms with E-state index in [1.807, 2.05) is 24.3 Å². The van der Waals surface area contributed by atoms with Gasteiger partial charge < -0.3 is 10.1 Å². The molecule has 1 N–H and O–H groups in total. The van der Waals surface area contributed by atoms with Crippen molar-refractivity contribution in [2.24, 2.45) is 0 Å². The highest BCUT2D eigenvalue weighted by Crippen LogP contribution is 2.28. The molecule has 112 valence electrons. The molecule has 2 aromatic rings. The largest absolute Gasteiger partial charge is 0.363 e. The topological polar surface area (TPSA) is 81.5 Å². The second-order valence-electron chi connectivity index (χ2n) is 4.99. The molecular weight excluding hydrogens is 284 g/mol. The average Bonchev–Trinajstić information content (AvgIpc) is 2.54. The summed E-state index contributed by atoms with van der Waals surface area (Å²) < 4.78 is 5.58. The van der Waals surface area contributed by atoms with E-state index in [0.29, 0.717) is 12.3 Å². The van der Waals surface area contributed by atoms with Gasteiger partial charge in [0.2, 0.25) is 0 Å². The third-order valence-electron chi connectivity index (χ3n) is 3.58. The van der Waals surface area contributed by atoms with Crippen LogP contribution in [0.5, 0.6) is 0 Å². The lowest BCUT2D eigenvalue weighted by molar-refractivity contribution is -0.384. The molecule has 1 aliphatic heterocycles. The number of hydrogen-bond acceptors (Lipinski definition) is 4. The molecule has 3 rings (SSSR count). The maximum absolute atomic E-state index is 12.4. The number of nitrogens with zero attached hydrogens (tertiary/aromatic N) is 1. The molecule has 0 unspecified atom stereocenters. The van der Waals surface area contributed by atoms with Crippen LogP contribution >= 0.6 is 0 Å². The Morgan fingerprint density at radius 1 is 1.18 bits per heavy atom. The first-order valence-corrected chi connectivity index (χ1v) is 6.90. The number of fused-ring (bicyclic) bond motifs is 1. The number of hydrogen-bond donors (Lipinski definition) is 1. The third kappa shape index (κ3) is 2.82. The van der Waals surface area contributed by atoms with Crippen LogP contribution in [0, 0.1) is 10.1 Å².